The maximum Gasteiger partial charge on any atom is 0.416 e. The molecule has 0 bridgehead atoms. The smallest absolute Gasteiger partial charge is 0.319 e. The van der Waals surface area contributed by atoms with Crippen molar-refractivity contribution in [3.8, 4) is 0 Å². The summed E-state index contributed by atoms with van der Waals surface area (Å²) in [6, 6.07) is 1.45. The van der Waals surface area contributed by atoms with E-state index >= 15 is 0 Å². The molecule has 1 heterocycles. The van der Waals surface area contributed by atoms with Crippen molar-refractivity contribution in [3.63, 3.8) is 0 Å². The average Bonchev–Trinajstić information content (AvgIpc) is 2.47. The zero-order valence-electron chi connectivity index (χ0n) is 12.5. The van der Waals surface area contributed by atoms with Crippen LogP contribution in [0.2, 0.25) is 0 Å². The lowest BCUT2D eigenvalue weighted by Crippen LogP contribution is -2.42. The second kappa shape index (κ2) is 6.74. The highest BCUT2D eigenvalue weighted by Crippen LogP contribution is 2.33. The van der Waals surface area contributed by atoms with Crippen molar-refractivity contribution < 1.29 is 26.0 Å². The largest absolute Gasteiger partial charge is 0.416 e. The zero-order valence-corrected chi connectivity index (χ0v) is 13.3. The van der Waals surface area contributed by atoms with Crippen molar-refractivity contribution in [2.24, 2.45) is 5.92 Å². The quantitative estimate of drug-likeness (QED) is 0.845. The molecule has 23 heavy (non-hydrogen) atoms. The molecular weight excluding hydrogens is 336 g/mol. The van der Waals surface area contributed by atoms with Gasteiger partial charge in [0, 0.05) is 13.1 Å². The van der Waals surface area contributed by atoms with Gasteiger partial charge >= 0.3 is 6.18 Å². The first kappa shape index (κ1) is 18.2. The molecule has 1 aliphatic heterocycles. The highest BCUT2D eigenvalue weighted by atomic mass is 32.2. The lowest BCUT2D eigenvalue weighted by molar-refractivity contribution is -0.137. The van der Waals surface area contributed by atoms with Gasteiger partial charge in [0.2, 0.25) is 10.0 Å². The third kappa shape index (κ3) is 4.02. The van der Waals surface area contributed by atoms with Crippen LogP contribution in [0.3, 0.4) is 0 Å². The van der Waals surface area contributed by atoms with Crippen LogP contribution in [0.15, 0.2) is 23.1 Å². The molecule has 1 saturated heterocycles. The monoisotopic (exact) mass is 354 g/mol. The van der Waals surface area contributed by atoms with E-state index in [2.05, 4.69) is 5.32 Å². The minimum atomic E-state index is -4.73. The van der Waals surface area contributed by atoms with Crippen molar-refractivity contribution in [1.29, 1.82) is 0 Å². The van der Waals surface area contributed by atoms with Crippen LogP contribution < -0.4 is 5.32 Å². The summed E-state index contributed by atoms with van der Waals surface area (Å²) < 4.78 is 78.3. The number of alkyl halides is 3. The van der Waals surface area contributed by atoms with Crippen molar-refractivity contribution in [2.45, 2.75) is 23.9 Å². The van der Waals surface area contributed by atoms with E-state index in [-0.39, 0.29) is 19.0 Å². The van der Waals surface area contributed by atoms with Gasteiger partial charge < -0.3 is 5.32 Å². The molecule has 0 aliphatic carbocycles. The summed E-state index contributed by atoms with van der Waals surface area (Å²) in [5, 5.41) is 2.95. The van der Waals surface area contributed by atoms with Crippen molar-refractivity contribution in [1.82, 2.24) is 9.62 Å². The molecule has 1 aromatic rings. The van der Waals surface area contributed by atoms with Crippen molar-refractivity contribution in [3.05, 3.63) is 29.6 Å². The first-order valence-electron chi connectivity index (χ1n) is 7.17. The minimum Gasteiger partial charge on any atom is -0.319 e. The van der Waals surface area contributed by atoms with Gasteiger partial charge in [-0.1, -0.05) is 0 Å². The van der Waals surface area contributed by atoms with E-state index in [1.54, 1.807) is 7.05 Å². The summed E-state index contributed by atoms with van der Waals surface area (Å²) in [7, 11) is -2.56. The molecule has 1 aliphatic rings. The van der Waals surface area contributed by atoms with E-state index in [1.165, 1.54) is 0 Å². The Morgan fingerprint density at radius 2 is 2.04 bits per heavy atom. The van der Waals surface area contributed by atoms with Crippen LogP contribution in [0, 0.1) is 11.7 Å². The molecule has 130 valence electrons. The zero-order chi connectivity index (χ0) is 17.3. The van der Waals surface area contributed by atoms with Crippen LogP contribution >= 0.6 is 0 Å². The number of rotatable bonds is 4. The van der Waals surface area contributed by atoms with Crippen LogP contribution in [0.4, 0.5) is 17.6 Å². The number of sulfonamides is 1. The fourth-order valence-corrected chi connectivity index (χ4v) is 4.36. The molecule has 0 saturated carbocycles. The first-order chi connectivity index (χ1) is 10.7. The summed E-state index contributed by atoms with van der Waals surface area (Å²) >= 11 is 0. The number of hydrogen-bond donors (Lipinski definition) is 1. The van der Waals surface area contributed by atoms with E-state index in [9.17, 15) is 26.0 Å². The Balaban J connectivity index is 2.35. The van der Waals surface area contributed by atoms with Crippen molar-refractivity contribution in [2.75, 3.05) is 26.7 Å². The van der Waals surface area contributed by atoms with E-state index < -0.39 is 32.5 Å². The summed E-state index contributed by atoms with van der Waals surface area (Å²) in [5.41, 5.74) is -1.18. The molecule has 0 radical (unpaired) electrons. The average molecular weight is 354 g/mol. The molecule has 1 unspecified atom stereocenters. The van der Waals surface area contributed by atoms with Gasteiger partial charge in [-0.3, -0.25) is 0 Å². The lowest BCUT2D eigenvalue weighted by Gasteiger charge is -2.32. The molecule has 9 heteroatoms. The third-order valence-electron chi connectivity index (χ3n) is 3.85. The van der Waals surface area contributed by atoms with E-state index in [4.69, 9.17) is 0 Å². The highest BCUT2D eigenvalue weighted by Gasteiger charge is 2.36. The SMILES string of the molecule is CNCC1CCCN(S(=O)(=O)c2cc(C(F)(F)F)ccc2F)C1. The molecule has 1 fully saturated rings. The number of nitrogens with one attached hydrogen (secondary N) is 1. The Kier molecular flexibility index (Phi) is 5.32. The van der Waals surface area contributed by atoms with E-state index in [0.29, 0.717) is 31.2 Å². The molecule has 2 rings (SSSR count). The van der Waals surface area contributed by atoms with Gasteiger partial charge in [0.05, 0.1) is 5.56 Å². The normalized spacial score (nSPS) is 20.7. The summed E-state index contributed by atoms with van der Waals surface area (Å²) in [6.07, 6.45) is -3.32. The number of piperidine rings is 1. The highest BCUT2D eigenvalue weighted by molar-refractivity contribution is 7.89. The number of nitrogens with zero attached hydrogens (tertiary/aromatic N) is 1. The van der Waals surface area contributed by atoms with Gasteiger partial charge in [-0.05, 0) is 50.6 Å². The molecule has 4 nitrogen and oxygen atoms in total. The van der Waals surface area contributed by atoms with E-state index in [1.807, 2.05) is 0 Å². The molecule has 1 aromatic carbocycles. The summed E-state index contributed by atoms with van der Waals surface area (Å²) in [6.45, 7) is 0.939. The number of hydrogen-bond acceptors (Lipinski definition) is 3. The van der Waals surface area contributed by atoms with Gasteiger partial charge in [-0.15, -0.1) is 0 Å². The van der Waals surface area contributed by atoms with Crippen LogP contribution in [0.1, 0.15) is 18.4 Å². The van der Waals surface area contributed by atoms with E-state index in [0.717, 1.165) is 10.7 Å². The topological polar surface area (TPSA) is 49.4 Å². The summed E-state index contributed by atoms with van der Waals surface area (Å²) in [5.74, 6) is -1.12. The minimum absolute atomic E-state index is 0.0531. The second-order valence-electron chi connectivity index (χ2n) is 5.57. The predicted octanol–water partition coefficient (Wildman–Crippen LogP) is 2.46. The van der Waals surface area contributed by atoms with Crippen LogP contribution in [0.5, 0.6) is 0 Å². The molecule has 1 atom stereocenters. The Hall–Kier alpha value is -1.19. The standard InChI is InChI=1S/C14H18F4N2O2S/c1-19-8-10-3-2-6-20(9-10)23(21,22)13-7-11(14(16,17)18)4-5-12(13)15/h4-5,7,10,19H,2-3,6,8-9H2,1H3. The van der Waals surface area contributed by atoms with Crippen LogP contribution in [-0.2, 0) is 16.2 Å². The summed E-state index contributed by atoms with van der Waals surface area (Å²) in [4.78, 5) is -0.919. The Morgan fingerprint density at radius 1 is 1.35 bits per heavy atom. The maximum atomic E-state index is 13.9. The number of benzene rings is 1. The van der Waals surface area contributed by atoms with Crippen LogP contribution in [0.25, 0.3) is 0 Å². The molecule has 0 aromatic heterocycles. The third-order valence-corrected chi connectivity index (χ3v) is 5.73. The van der Waals surface area contributed by atoms with Gasteiger partial charge in [0.15, 0.2) is 0 Å². The van der Waals surface area contributed by atoms with Gasteiger partial charge in [-0.25, -0.2) is 12.8 Å². The molecule has 1 N–H and O–H groups in total. The van der Waals surface area contributed by atoms with Crippen molar-refractivity contribution >= 4 is 10.0 Å². The molecular formula is C14H18F4N2O2S. The Bertz CT molecular complexity index is 659. The first-order valence-corrected chi connectivity index (χ1v) is 8.61. The maximum absolute atomic E-state index is 13.9. The van der Waals surface area contributed by atoms with Crippen LogP contribution in [-0.4, -0.2) is 39.4 Å². The number of halogens is 4. The predicted molar refractivity (Wildman–Crippen MR) is 76.8 cm³/mol. The lowest BCUT2D eigenvalue weighted by atomic mass is 10.00. The fourth-order valence-electron chi connectivity index (χ4n) is 2.72. The second-order valence-corrected chi connectivity index (χ2v) is 7.48. The molecule has 0 amide bonds. The molecule has 0 spiro atoms. The van der Waals surface area contributed by atoms with Gasteiger partial charge in [0.1, 0.15) is 10.7 Å². The van der Waals surface area contributed by atoms with Gasteiger partial charge in [0.25, 0.3) is 0 Å². The Labute approximate surface area is 132 Å². The fraction of sp³-hybridized carbons (Fsp3) is 0.571. The Morgan fingerprint density at radius 3 is 2.65 bits per heavy atom. The van der Waals surface area contributed by atoms with Gasteiger partial charge in [-0.2, -0.15) is 17.5 Å².